The summed E-state index contributed by atoms with van der Waals surface area (Å²) in [5, 5.41) is 14.2. The van der Waals surface area contributed by atoms with E-state index in [1.165, 1.54) is 6.33 Å². The van der Waals surface area contributed by atoms with Crippen LogP contribution in [-0.2, 0) is 4.79 Å². The molecule has 1 heterocycles. The van der Waals surface area contributed by atoms with Gasteiger partial charge in [0.25, 0.3) is 0 Å². The smallest absolute Gasteiger partial charge is 0.336 e. The molecule has 0 saturated heterocycles. The minimum Gasteiger partial charge on any atom is -0.493 e. The van der Waals surface area contributed by atoms with Crippen molar-refractivity contribution >= 4 is 64.0 Å². The molecule has 174 valence electrons. The predicted molar refractivity (Wildman–Crippen MR) is 137 cm³/mol. The van der Waals surface area contributed by atoms with E-state index in [1.54, 1.807) is 81.0 Å². The summed E-state index contributed by atoms with van der Waals surface area (Å²) in [4.78, 5) is 20.5. The van der Waals surface area contributed by atoms with Crippen LogP contribution in [0.4, 0.5) is 11.5 Å². The van der Waals surface area contributed by atoms with Crippen LogP contribution in [-0.4, -0.2) is 35.3 Å². The Labute approximate surface area is 207 Å². The maximum Gasteiger partial charge on any atom is 0.336 e. The van der Waals surface area contributed by atoms with Gasteiger partial charge in [-0.2, -0.15) is 0 Å². The largest absolute Gasteiger partial charge is 0.493 e. The number of carboxylic acid groups (broad SMARTS) is 1. The van der Waals surface area contributed by atoms with Crippen molar-refractivity contribution in [1.82, 2.24) is 9.97 Å². The number of nitrogens with zero attached hydrogens (tertiary/aromatic N) is 2. The number of nitrogens with one attached hydrogen (secondary N) is 1. The van der Waals surface area contributed by atoms with Gasteiger partial charge in [0.05, 0.1) is 25.3 Å². The lowest BCUT2D eigenvalue weighted by molar-refractivity contribution is -0.130. The predicted octanol–water partition coefficient (Wildman–Crippen LogP) is 6.09. The van der Waals surface area contributed by atoms with Crippen molar-refractivity contribution in [2.45, 2.75) is 0 Å². The lowest BCUT2D eigenvalue weighted by atomic mass is 10.0. The van der Waals surface area contributed by atoms with Crippen LogP contribution in [0.2, 0.25) is 5.02 Å². The molecule has 0 aliphatic rings. The van der Waals surface area contributed by atoms with Gasteiger partial charge in [-0.1, -0.05) is 41.9 Å². The van der Waals surface area contributed by atoms with Crippen molar-refractivity contribution in [3.63, 3.8) is 0 Å². The summed E-state index contributed by atoms with van der Waals surface area (Å²) in [5.74, 6) is 0.678. The van der Waals surface area contributed by atoms with Gasteiger partial charge in [-0.15, -0.1) is 12.4 Å². The molecule has 0 saturated carbocycles. The molecule has 0 amide bonds. The molecule has 0 fully saturated rings. The molecule has 4 rings (SSSR count). The van der Waals surface area contributed by atoms with Gasteiger partial charge in [-0.25, -0.2) is 14.8 Å². The first-order valence-electron chi connectivity index (χ1n) is 9.94. The summed E-state index contributed by atoms with van der Waals surface area (Å²) in [5.41, 5.74) is 2.75. The van der Waals surface area contributed by atoms with Crippen molar-refractivity contribution in [2.75, 3.05) is 19.5 Å². The van der Waals surface area contributed by atoms with Gasteiger partial charge in [0.1, 0.15) is 12.1 Å². The number of fused-ring (bicyclic) bond motifs is 1. The van der Waals surface area contributed by atoms with Crippen LogP contribution < -0.4 is 14.8 Å². The fraction of sp³-hybridized carbons (Fsp3) is 0.0800. The highest BCUT2D eigenvalue weighted by Crippen LogP contribution is 2.34. The Hall–Kier alpha value is -3.81. The zero-order chi connectivity index (χ0) is 23.4. The minimum atomic E-state index is -1.04. The molecule has 2 N–H and O–H groups in total. The summed E-state index contributed by atoms with van der Waals surface area (Å²) in [6.07, 6.45) is 3.02. The Morgan fingerprint density at radius 3 is 2.32 bits per heavy atom. The second-order valence-electron chi connectivity index (χ2n) is 7.03. The number of ether oxygens (including phenoxy) is 2. The van der Waals surface area contributed by atoms with Gasteiger partial charge >= 0.3 is 5.97 Å². The van der Waals surface area contributed by atoms with Crippen LogP contribution in [0.5, 0.6) is 11.5 Å². The number of anilines is 2. The van der Waals surface area contributed by atoms with E-state index in [0.717, 1.165) is 11.1 Å². The van der Waals surface area contributed by atoms with E-state index < -0.39 is 5.97 Å². The third-order valence-electron chi connectivity index (χ3n) is 5.03. The molecule has 1 aromatic heterocycles. The number of aromatic nitrogens is 2. The molecule has 34 heavy (non-hydrogen) atoms. The zero-order valence-corrected chi connectivity index (χ0v) is 19.9. The summed E-state index contributed by atoms with van der Waals surface area (Å²) >= 11 is 6.19. The Morgan fingerprint density at radius 2 is 1.68 bits per heavy atom. The Morgan fingerprint density at radius 1 is 1.00 bits per heavy atom. The van der Waals surface area contributed by atoms with Crippen LogP contribution in [0, 0.1) is 0 Å². The van der Waals surface area contributed by atoms with E-state index in [0.29, 0.717) is 39.0 Å². The van der Waals surface area contributed by atoms with E-state index in [4.69, 9.17) is 21.1 Å². The van der Waals surface area contributed by atoms with Crippen LogP contribution >= 0.6 is 24.0 Å². The Balaban J connectivity index is 0.00000324. The van der Waals surface area contributed by atoms with Gasteiger partial charge in [-0.05, 0) is 41.5 Å². The van der Waals surface area contributed by atoms with Gasteiger partial charge in [0, 0.05) is 22.2 Å². The third kappa shape index (κ3) is 5.22. The van der Waals surface area contributed by atoms with Crippen LogP contribution in [0.3, 0.4) is 0 Å². The van der Waals surface area contributed by atoms with Crippen molar-refractivity contribution < 1.29 is 19.4 Å². The molecular formula is C25H21Cl2N3O4. The molecule has 3 aromatic carbocycles. The lowest BCUT2D eigenvalue weighted by Crippen LogP contribution is -2.01. The van der Waals surface area contributed by atoms with Crippen LogP contribution in [0.1, 0.15) is 11.1 Å². The maximum atomic E-state index is 11.9. The number of methoxy groups -OCH3 is 2. The molecule has 7 nitrogen and oxygen atoms in total. The van der Waals surface area contributed by atoms with E-state index >= 15 is 0 Å². The number of rotatable bonds is 7. The van der Waals surface area contributed by atoms with E-state index in [9.17, 15) is 9.90 Å². The first-order chi connectivity index (χ1) is 16.0. The lowest BCUT2D eigenvalue weighted by Gasteiger charge is -2.12. The highest BCUT2D eigenvalue weighted by molar-refractivity contribution is 6.33. The number of carboxylic acids is 1. The molecule has 0 aliphatic heterocycles. The summed E-state index contributed by atoms with van der Waals surface area (Å²) in [7, 11) is 3.13. The molecule has 0 bridgehead atoms. The summed E-state index contributed by atoms with van der Waals surface area (Å²) in [6.45, 7) is 0. The second kappa shape index (κ2) is 10.9. The first kappa shape index (κ1) is 24.8. The highest BCUT2D eigenvalue weighted by atomic mass is 35.5. The van der Waals surface area contributed by atoms with Crippen LogP contribution in [0.15, 0.2) is 67.0 Å². The average Bonchev–Trinajstić information content (AvgIpc) is 2.83. The monoisotopic (exact) mass is 497 g/mol. The van der Waals surface area contributed by atoms with Gasteiger partial charge < -0.3 is 19.9 Å². The molecule has 0 radical (unpaired) electrons. The fourth-order valence-corrected chi connectivity index (χ4v) is 3.56. The fourth-order valence-electron chi connectivity index (χ4n) is 3.37. The number of hydrogen-bond donors (Lipinski definition) is 2. The number of benzene rings is 3. The third-order valence-corrected chi connectivity index (χ3v) is 5.38. The number of halogens is 2. The normalized spacial score (nSPS) is 11.0. The molecular weight excluding hydrogens is 477 g/mol. The number of aliphatic carboxylic acids is 1. The summed E-state index contributed by atoms with van der Waals surface area (Å²) in [6, 6.07) is 17.7. The van der Waals surface area contributed by atoms with Crippen molar-refractivity contribution in [3.8, 4) is 11.5 Å². The standard InChI is InChI=1S/C25H20ClN3O4.ClH/c1-32-22-12-19-21(13-23(22)33-2)27-14-28-24(19)29-17-9-7-15(8-10-17)18(25(30)31)11-16-5-3-4-6-20(16)26;/h3-14H,1-2H3,(H,30,31)(H,27,28,29);1H/b18-11+;. The molecule has 4 aromatic rings. The van der Waals surface area contributed by atoms with Crippen molar-refractivity contribution in [1.29, 1.82) is 0 Å². The molecule has 9 heteroatoms. The first-order valence-corrected chi connectivity index (χ1v) is 10.3. The zero-order valence-electron chi connectivity index (χ0n) is 18.3. The van der Waals surface area contributed by atoms with E-state index in [-0.39, 0.29) is 18.0 Å². The number of carbonyl (C=O) groups is 1. The van der Waals surface area contributed by atoms with Crippen molar-refractivity contribution in [2.24, 2.45) is 0 Å². The SMILES string of the molecule is COc1cc2ncnc(Nc3ccc(/C(=C\c4ccccc4Cl)C(=O)O)cc3)c2cc1OC.Cl. The van der Waals surface area contributed by atoms with Gasteiger partial charge in [-0.3, -0.25) is 0 Å². The molecule has 0 spiro atoms. The molecule has 0 aliphatic carbocycles. The minimum absolute atomic E-state index is 0. The highest BCUT2D eigenvalue weighted by Gasteiger charge is 2.13. The van der Waals surface area contributed by atoms with E-state index in [2.05, 4.69) is 15.3 Å². The van der Waals surface area contributed by atoms with E-state index in [1.807, 2.05) is 0 Å². The van der Waals surface area contributed by atoms with Gasteiger partial charge in [0.2, 0.25) is 0 Å². The van der Waals surface area contributed by atoms with Crippen LogP contribution in [0.25, 0.3) is 22.6 Å². The number of hydrogen-bond acceptors (Lipinski definition) is 6. The molecule has 0 atom stereocenters. The Kier molecular flexibility index (Phi) is 7.94. The van der Waals surface area contributed by atoms with Crippen molar-refractivity contribution in [3.05, 3.63) is 83.1 Å². The summed E-state index contributed by atoms with van der Waals surface area (Å²) < 4.78 is 10.7. The average molecular weight is 498 g/mol. The quantitative estimate of drug-likeness (QED) is 0.235. The maximum absolute atomic E-state index is 11.9. The second-order valence-corrected chi connectivity index (χ2v) is 7.44. The molecule has 0 unspecified atom stereocenters. The van der Waals surface area contributed by atoms with Gasteiger partial charge in [0.15, 0.2) is 11.5 Å². The Bertz CT molecular complexity index is 1360. The topological polar surface area (TPSA) is 93.6 Å².